The maximum Gasteiger partial charge on any atom is 0.175 e. The Morgan fingerprint density at radius 2 is 1.67 bits per heavy atom. The molecule has 0 fully saturated rings. The molecule has 1 unspecified atom stereocenters. The molecule has 0 radical (unpaired) electrons. The molecule has 0 aliphatic heterocycles. The summed E-state index contributed by atoms with van der Waals surface area (Å²) in [6.07, 6.45) is 0. The van der Waals surface area contributed by atoms with E-state index in [1.165, 1.54) is 0 Å². The van der Waals surface area contributed by atoms with E-state index in [1.807, 2.05) is 51.1 Å². The predicted molar refractivity (Wildman–Crippen MR) is 90.4 cm³/mol. The third kappa shape index (κ3) is 3.69. The largest absolute Gasteiger partial charge is 0.293 e. The van der Waals surface area contributed by atoms with Crippen LogP contribution in [-0.2, 0) is 10.8 Å². The maximum absolute atomic E-state index is 12.4. The van der Waals surface area contributed by atoms with Gasteiger partial charge >= 0.3 is 0 Å². The third-order valence-corrected chi connectivity index (χ3v) is 5.81. The Kier molecular flexibility index (Phi) is 5.12. The van der Waals surface area contributed by atoms with Gasteiger partial charge in [0.15, 0.2) is 5.78 Å². The van der Waals surface area contributed by atoms with Crippen LogP contribution in [0.4, 0.5) is 0 Å². The second-order valence-corrected chi connectivity index (χ2v) is 7.37. The molecule has 110 valence electrons. The maximum atomic E-state index is 12.4. The summed E-state index contributed by atoms with van der Waals surface area (Å²) in [7, 11) is -1.34. The van der Waals surface area contributed by atoms with Crippen LogP contribution in [-0.4, -0.2) is 15.7 Å². The van der Waals surface area contributed by atoms with Gasteiger partial charge in [-0.2, -0.15) is 0 Å². The molecule has 1 atom stereocenters. The highest BCUT2D eigenvalue weighted by Crippen LogP contribution is 2.21. The lowest BCUT2D eigenvalue weighted by Crippen LogP contribution is -2.13. The average molecular weight is 365 g/mol. The van der Waals surface area contributed by atoms with Crippen LogP contribution in [0.5, 0.6) is 0 Å². The summed E-state index contributed by atoms with van der Waals surface area (Å²) in [5.74, 6) is -0.0731. The molecular weight excluding hydrogens is 348 g/mol. The monoisotopic (exact) mass is 364 g/mol. The first-order valence-corrected chi connectivity index (χ1v) is 8.75. The van der Waals surface area contributed by atoms with Crippen LogP contribution in [0, 0.1) is 20.8 Å². The molecule has 0 N–H and O–H groups in total. The van der Waals surface area contributed by atoms with E-state index < -0.39 is 10.8 Å². The summed E-state index contributed by atoms with van der Waals surface area (Å²) in [4.78, 5) is 13.1. The number of hydrogen-bond acceptors (Lipinski definition) is 2. The lowest BCUT2D eigenvalue weighted by atomic mass is 9.99. The minimum absolute atomic E-state index is 0.00591. The molecule has 2 nitrogen and oxygen atoms in total. The second-order valence-electron chi connectivity index (χ2n) is 5.09. The second kappa shape index (κ2) is 6.67. The van der Waals surface area contributed by atoms with Crippen LogP contribution >= 0.6 is 15.9 Å². The van der Waals surface area contributed by atoms with Crippen LogP contribution in [0.25, 0.3) is 0 Å². The van der Waals surface area contributed by atoms with Crippen LogP contribution in [0.2, 0.25) is 0 Å². The van der Waals surface area contributed by atoms with Gasteiger partial charge in [0.05, 0.1) is 21.4 Å². The summed E-state index contributed by atoms with van der Waals surface area (Å²) in [6.45, 7) is 5.92. The molecule has 0 amide bonds. The van der Waals surface area contributed by atoms with Gasteiger partial charge in [-0.3, -0.25) is 9.00 Å². The first-order valence-electron chi connectivity index (χ1n) is 6.64. The van der Waals surface area contributed by atoms with Gasteiger partial charge in [-0.1, -0.05) is 18.2 Å². The van der Waals surface area contributed by atoms with E-state index >= 15 is 0 Å². The molecule has 0 aromatic heterocycles. The molecule has 2 rings (SSSR count). The van der Waals surface area contributed by atoms with E-state index in [0.29, 0.717) is 10.5 Å². The molecule has 0 saturated heterocycles. The quantitative estimate of drug-likeness (QED) is 0.755. The van der Waals surface area contributed by atoms with Crippen molar-refractivity contribution in [3.63, 3.8) is 0 Å². The van der Waals surface area contributed by atoms with Crippen molar-refractivity contribution in [2.45, 2.75) is 25.7 Å². The molecule has 4 heteroatoms. The van der Waals surface area contributed by atoms with Crippen molar-refractivity contribution in [3.05, 3.63) is 63.1 Å². The molecule has 0 heterocycles. The smallest absolute Gasteiger partial charge is 0.175 e. The van der Waals surface area contributed by atoms with Gasteiger partial charge < -0.3 is 0 Å². The van der Waals surface area contributed by atoms with Crippen LogP contribution < -0.4 is 0 Å². The van der Waals surface area contributed by atoms with Gasteiger partial charge in [-0.15, -0.1) is 0 Å². The molecule has 21 heavy (non-hydrogen) atoms. The zero-order chi connectivity index (χ0) is 15.6. The van der Waals surface area contributed by atoms with E-state index in [9.17, 15) is 9.00 Å². The van der Waals surface area contributed by atoms with Crippen molar-refractivity contribution in [3.8, 4) is 0 Å². The summed E-state index contributed by atoms with van der Waals surface area (Å²) < 4.78 is 13.1. The van der Waals surface area contributed by atoms with Gasteiger partial charge in [-0.25, -0.2) is 0 Å². The van der Waals surface area contributed by atoms with Crippen molar-refractivity contribution < 1.29 is 9.00 Å². The molecule has 0 aliphatic rings. The van der Waals surface area contributed by atoms with E-state index in [4.69, 9.17) is 0 Å². The number of ketones is 1. The minimum atomic E-state index is -1.34. The first kappa shape index (κ1) is 16.1. The number of benzene rings is 2. The number of Topliss-reactive ketones (excluding diaryl/α,β-unsaturated/α-hetero) is 1. The normalized spacial score (nSPS) is 12.2. The molecule has 0 saturated carbocycles. The Labute approximate surface area is 136 Å². The lowest BCUT2D eigenvalue weighted by Gasteiger charge is -2.09. The van der Waals surface area contributed by atoms with E-state index in [1.54, 1.807) is 6.07 Å². The number of halogens is 1. The average Bonchev–Trinajstić information content (AvgIpc) is 2.43. The SMILES string of the molecule is Cc1cc(C)c(C(=O)CS(=O)c2ccccc2Br)cc1C. The molecule has 0 bridgehead atoms. The minimum Gasteiger partial charge on any atom is -0.293 e. The fourth-order valence-corrected chi connectivity index (χ4v) is 4.06. The highest BCUT2D eigenvalue weighted by molar-refractivity contribution is 9.10. The van der Waals surface area contributed by atoms with Crippen molar-refractivity contribution in [2.75, 3.05) is 5.75 Å². The molecule has 0 aliphatic carbocycles. The fraction of sp³-hybridized carbons (Fsp3) is 0.235. The lowest BCUT2D eigenvalue weighted by molar-refractivity contribution is 0.102. The Morgan fingerprint density at radius 3 is 2.33 bits per heavy atom. The highest BCUT2D eigenvalue weighted by atomic mass is 79.9. The van der Waals surface area contributed by atoms with Crippen molar-refractivity contribution in [1.29, 1.82) is 0 Å². The first-order chi connectivity index (χ1) is 9.90. The summed E-state index contributed by atoms with van der Waals surface area (Å²) >= 11 is 3.37. The van der Waals surface area contributed by atoms with Crippen molar-refractivity contribution >= 4 is 32.5 Å². The topological polar surface area (TPSA) is 34.1 Å². The Hall–Kier alpha value is -1.26. The number of rotatable bonds is 4. The summed E-state index contributed by atoms with van der Waals surface area (Å²) in [5.41, 5.74) is 3.84. The predicted octanol–water partition coefficient (Wildman–Crippen LogP) is 4.36. The Balaban J connectivity index is 2.25. The Bertz CT molecular complexity index is 723. The summed E-state index contributed by atoms with van der Waals surface area (Å²) in [5, 5.41) is 0. The van der Waals surface area contributed by atoms with Gasteiger partial charge in [-0.05, 0) is 71.6 Å². The number of aryl methyl sites for hydroxylation is 3. The Morgan fingerprint density at radius 1 is 1.05 bits per heavy atom. The standard InChI is InChI=1S/C17H17BrO2S/c1-11-8-13(3)14(9-12(11)2)16(19)10-21(20)17-7-5-4-6-15(17)18/h4-9H,10H2,1-3H3. The number of carbonyl (C=O) groups is 1. The van der Waals surface area contributed by atoms with Crippen LogP contribution in [0.1, 0.15) is 27.0 Å². The third-order valence-electron chi connectivity index (χ3n) is 3.49. The summed E-state index contributed by atoms with van der Waals surface area (Å²) in [6, 6.07) is 11.2. The number of carbonyl (C=O) groups excluding carboxylic acids is 1. The zero-order valence-electron chi connectivity index (χ0n) is 12.3. The molecule has 2 aromatic carbocycles. The highest BCUT2D eigenvalue weighted by Gasteiger charge is 2.16. The van der Waals surface area contributed by atoms with Gasteiger partial charge in [0.2, 0.25) is 0 Å². The zero-order valence-corrected chi connectivity index (χ0v) is 14.7. The van der Waals surface area contributed by atoms with Gasteiger partial charge in [0.1, 0.15) is 0 Å². The fourth-order valence-electron chi connectivity index (χ4n) is 2.16. The van der Waals surface area contributed by atoms with Crippen molar-refractivity contribution in [1.82, 2.24) is 0 Å². The molecule has 0 spiro atoms. The number of hydrogen-bond donors (Lipinski definition) is 0. The molecular formula is C17H17BrO2S. The van der Waals surface area contributed by atoms with Crippen molar-refractivity contribution in [2.24, 2.45) is 0 Å². The van der Waals surface area contributed by atoms with Crippen LogP contribution in [0.15, 0.2) is 45.8 Å². The van der Waals surface area contributed by atoms with E-state index in [-0.39, 0.29) is 11.5 Å². The van der Waals surface area contributed by atoms with Crippen LogP contribution in [0.3, 0.4) is 0 Å². The van der Waals surface area contributed by atoms with E-state index in [2.05, 4.69) is 15.9 Å². The van der Waals surface area contributed by atoms with E-state index in [0.717, 1.165) is 21.2 Å². The van der Waals surface area contributed by atoms with Gasteiger partial charge in [0, 0.05) is 10.0 Å². The van der Waals surface area contributed by atoms with Gasteiger partial charge in [0.25, 0.3) is 0 Å². The molecule has 2 aromatic rings.